The number of piperidine rings is 1. The number of hydrogen-bond donors (Lipinski definition) is 0. The molecular weight excluding hydrogens is 430 g/mol. The third-order valence-corrected chi connectivity index (χ3v) is 6.82. The molecule has 2 aromatic carbocycles. The Morgan fingerprint density at radius 3 is 2.35 bits per heavy atom. The molecule has 1 amide bonds. The van der Waals surface area contributed by atoms with Crippen LogP contribution in [0.2, 0.25) is 0 Å². The van der Waals surface area contributed by atoms with Gasteiger partial charge in [0.05, 0.1) is 13.7 Å². The average molecular weight is 462 g/mol. The smallest absolute Gasteiger partial charge is 0.241 e. The van der Waals surface area contributed by atoms with Gasteiger partial charge in [-0.25, -0.2) is 0 Å². The van der Waals surface area contributed by atoms with Crippen molar-refractivity contribution in [3.63, 3.8) is 0 Å². The van der Waals surface area contributed by atoms with Crippen LogP contribution in [0.1, 0.15) is 18.7 Å². The van der Waals surface area contributed by atoms with Gasteiger partial charge in [0, 0.05) is 43.3 Å². The summed E-state index contributed by atoms with van der Waals surface area (Å²) < 4.78 is 10.7. The van der Waals surface area contributed by atoms with E-state index in [1.807, 2.05) is 47.4 Å². The van der Waals surface area contributed by atoms with E-state index in [9.17, 15) is 4.79 Å². The van der Waals surface area contributed by atoms with Gasteiger partial charge >= 0.3 is 0 Å². The zero-order valence-corrected chi connectivity index (χ0v) is 19.6. The van der Waals surface area contributed by atoms with Gasteiger partial charge in [-0.15, -0.1) is 0 Å². The van der Waals surface area contributed by atoms with Crippen LogP contribution in [-0.2, 0) is 11.3 Å². The molecule has 3 heterocycles. The number of aromatic nitrogens is 2. The molecule has 5 rings (SSSR count). The fourth-order valence-electron chi connectivity index (χ4n) is 4.79. The summed E-state index contributed by atoms with van der Waals surface area (Å²) in [6, 6.07) is 18.0. The van der Waals surface area contributed by atoms with Crippen LogP contribution < -0.4 is 9.64 Å². The van der Waals surface area contributed by atoms with E-state index in [1.165, 1.54) is 5.69 Å². The minimum atomic E-state index is 0.103. The predicted octanol–water partition coefficient (Wildman–Crippen LogP) is 3.31. The summed E-state index contributed by atoms with van der Waals surface area (Å²) in [6.07, 6.45) is 1.74. The Morgan fingerprint density at radius 1 is 0.971 bits per heavy atom. The van der Waals surface area contributed by atoms with Crippen molar-refractivity contribution in [3.05, 3.63) is 60.5 Å². The second kappa shape index (κ2) is 10.3. The van der Waals surface area contributed by atoms with Gasteiger partial charge in [0.2, 0.25) is 17.6 Å². The van der Waals surface area contributed by atoms with Gasteiger partial charge in [-0.1, -0.05) is 35.5 Å². The Labute approximate surface area is 200 Å². The largest absolute Gasteiger partial charge is 0.497 e. The highest BCUT2D eigenvalue weighted by atomic mass is 16.5. The molecule has 1 aromatic heterocycles. The van der Waals surface area contributed by atoms with E-state index < -0.39 is 0 Å². The number of piperazine rings is 1. The molecule has 0 aliphatic carbocycles. The summed E-state index contributed by atoms with van der Waals surface area (Å²) in [7, 11) is 1.68. The second-order valence-electron chi connectivity index (χ2n) is 8.94. The van der Waals surface area contributed by atoms with Crippen LogP contribution in [0.5, 0.6) is 5.75 Å². The highest BCUT2D eigenvalue weighted by Crippen LogP contribution is 2.24. The van der Waals surface area contributed by atoms with Crippen LogP contribution in [0.25, 0.3) is 11.4 Å². The molecule has 2 saturated heterocycles. The number of benzene rings is 2. The number of carbonyl (C=O) groups excluding carboxylic acids is 1. The number of ether oxygens (including phenoxy) is 1. The molecule has 0 atom stereocenters. The summed E-state index contributed by atoms with van der Waals surface area (Å²) in [5, 5.41) is 4.11. The van der Waals surface area contributed by atoms with Crippen LogP contribution in [0, 0.1) is 5.92 Å². The number of rotatable bonds is 6. The molecule has 0 radical (unpaired) electrons. The summed E-state index contributed by atoms with van der Waals surface area (Å²) in [5.41, 5.74) is 2.13. The Hall–Kier alpha value is -3.39. The first kappa shape index (κ1) is 22.4. The second-order valence-corrected chi connectivity index (χ2v) is 8.94. The maximum Gasteiger partial charge on any atom is 0.241 e. The van der Waals surface area contributed by atoms with Crippen molar-refractivity contribution in [2.75, 3.05) is 51.3 Å². The van der Waals surface area contributed by atoms with E-state index in [2.05, 4.69) is 32.1 Å². The fraction of sp³-hybridized carbons (Fsp3) is 0.423. The molecule has 2 aliphatic rings. The molecule has 178 valence electrons. The lowest BCUT2D eigenvalue weighted by molar-refractivity contribution is -0.137. The molecule has 0 bridgehead atoms. The molecule has 3 aromatic rings. The number of methoxy groups -OCH3 is 1. The van der Waals surface area contributed by atoms with Crippen LogP contribution in [-0.4, -0.2) is 72.2 Å². The van der Waals surface area contributed by atoms with Gasteiger partial charge in [-0.05, 0) is 50.2 Å². The summed E-state index contributed by atoms with van der Waals surface area (Å²) in [6.45, 7) is 5.62. The first-order valence-electron chi connectivity index (χ1n) is 12.0. The van der Waals surface area contributed by atoms with Gasteiger partial charge in [0.15, 0.2) is 0 Å². The predicted molar refractivity (Wildman–Crippen MR) is 130 cm³/mol. The third-order valence-electron chi connectivity index (χ3n) is 6.82. The van der Waals surface area contributed by atoms with E-state index in [0.29, 0.717) is 24.2 Å². The molecule has 2 aliphatic heterocycles. The average Bonchev–Trinajstić information content (AvgIpc) is 3.38. The first-order valence-corrected chi connectivity index (χ1v) is 12.0. The first-order chi connectivity index (χ1) is 16.7. The maximum absolute atomic E-state index is 13.1. The number of amides is 1. The molecule has 0 spiro atoms. The lowest BCUT2D eigenvalue weighted by atomic mass is 9.95. The van der Waals surface area contributed by atoms with E-state index in [0.717, 1.165) is 63.4 Å². The van der Waals surface area contributed by atoms with Crippen LogP contribution in [0.3, 0.4) is 0 Å². The molecule has 0 saturated carbocycles. The van der Waals surface area contributed by atoms with Crippen LogP contribution in [0.4, 0.5) is 5.69 Å². The molecule has 8 heteroatoms. The summed E-state index contributed by atoms with van der Waals surface area (Å²) >= 11 is 0. The topological polar surface area (TPSA) is 74.9 Å². The van der Waals surface area contributed by atoms with E-state index in [4.69, 9.17) is 9.26 Å². The number of nitrogens with zero attached hydrogens (tertiary/aromatic N) is 5. The summed E-state index contributed by atoms with van der Waals surface area (Å²) in [4.78, 5) is 24.4. The molecule has 2 fully saturated rings. The molecule has 0 unspecified atom stereocenters. The molecule has 0 N–H and O–H groups in total. The van der Waals surface area contributed by atoms with Crippen LogP contribution in [0.15, 0.2) is 59.1 Å². The Kier molecular flexibility index (Phi) is 6.76. The lowest BCUT2D eigenvalue weighted by Crippen LogP contribution is -2.51. The Bertz CT molecular complexity index is 1070. The fourth-order valence-corrected chi connectivity index (χ4v) is 4.79. The van der Waals surface area contributed by atoms with E-state index in [-0.39, 0.29) is 5.92 Å². The molecular formula is C26H31N5O3. The maximum atomic E-state index is 13.1. The van der Waals surface area contributed by atoms with Crippen molar-refractivity contribution in [1.29, 1.82) is 0 Å². The van der Waals surface area contributed by atoms with E-state index >= 15 is 0 Å². The third kappa shape index (κ3) is 5.07. The lowest BCUT2D eigenvalue weighted by Gasteiger charge is -2.39. The van der Waals surface area contributed by atoms with Crippen molar-refractivity contribution in [3.8, 4) is 17.1 Å². The van der Waals surface area contributed by atoms with Crippen molar-refractivity contribution in [2.24, 2.45) is 5.92 Å². The standard InChI is InChI=1S/C26H31N5O3/c1-33-23-9-7-22(8-10-23)30-15-17-31(18-16-30)26(32)21-11-13-29(14-12-21)19-24-27-25(28-34-24)20-5-3-2-4-6-20/h2-10,21H,11-19H2,1H3. The molecule has 34 heavy (non-hydrogen) atoms. The molecule has 8 nitrogen and oxygen atoms in total. The van der Waals surface area contributed by atoms with Crippen molar-refractivity contribution >= 4 is 11.6 Å². The van der Waals surface area contributed by atoms with Gasteiger partial charge in [-0.2, -0.15) is 4.98 Å². The quantitative estimate of drug-likeness (QED) is 0.558. The monoisotopic (exact) mass is 461 g/mol. The van der Waals surface area contributed by atoms with Crippen LogP contribution >= 0.6 is 0 Å². The normalized spacial score (nSPS) is 17.7. The Balaban J connectivity index is 1.08. The SMILES string of the molecule is COc1ccc(N2CCN(C(=O)C3CCN(Cc4nc(-c5ccccc5)no4)CC3)CC2)cc1. The minimum absolute atomic E-state index is 0.103. The summed E-state index contributed by atoms with van der Waals surface area (Å²) in [5.74, 6) is 2.51. The minimum Gasteiger partial charge on any atom is -0.497 e. The number of likely N-dealkylation sites (tertiary alicyclic amines) is 1. The highest BCUT2D eigenvalue weighted by Gasteiger charge is 2.31. The van der Waals surface area contributed by atoms with Gasteiger partial charge < -0.3 is 19.1 Å². The van der Waals surface area contributed by atoms with Crippen molar-refractivity contribution in [2.45, 2.75) is 19.4 Å². The van der Waals surface area contributed by atoms with Gasteiger partial charge in [-0.3, -0.25) is 9.69 Å². The number of carbonyl (C=O) groups is 1. The van der Waals surface area contributed by atoms with E-state index in [1.54, 1.807) is 7.11 Å². The highest BCUT2D eigenvalue weighted by molar-refractivity contribution is 5.79. The zero-order valence-electron chi connectivity index (χ0n) is 19.6. The Morgan fingerprint density at radius 2 is 1.68 bits per heavy atom. The number of anilines is 1. The van der Waals surface area contributed by atoms with Crippen molar-refractivity contribution in [1.82, 2.24) is 19.9 Å². The van der Waals surface area contributed by atoms with Gasteiger partial charge in [0.1, 0.15) is 5.75 Å². The van der Waals surface area contributed by atoms with Crippen molar-refractivity contribution < 1.29 is 14.1 Å². The number of hydrogen-bond acceptors (Lipinski definition) is 7. The zero-order chi connectivity index (χ0) is 23.3. The van der Waals surface area contributed by atoms with Gasteiger partial charge in [0.25, 0.3) is 0 Å².